The number of nitrogens with zero attached hydrogens (tertiary/aromatic N) is 1. The number of imide groups is 1. The van der Waals surface area contributed by atoms with Crippen LogP contribution < -0.4 is 10.2 Å². The number of nitrogens with one attached hydrogen (secondary N) is 1. The van der Waals surface area contributed by atoms with Crippen molar-refractivity contribution < 1.29 is 18.4 Å². The Morgan fingerprint density at radius 2 is 1.60 bits per heavy atom. The van der Waals surface area contributed by atoms with E-state index in [9.17, 15) is 18.4 Å². The number of hydrogen-bond donors (Lipinski definition) is 1. The standard InChI is InChI=1S/C23H15ClF2N2O2/c1-13-16(24)8-5-9-19(13)27-21-20(14-6-3-2-4-7-14)22(29)28(23(21)30)15-10-11-17(25)18(26)12-15/h2-12,27H,1H3. The molecule has 2 amide bonds. The molecular formula is C23H15ClF2N2O2. The van der Waals surface area contributed by atoms with E-state index in [-0.39, 0.29) is 17.0 Å². The molecule has 0 bridgehead atoms. The minimum Gasteiger partial charge on any atom is -0.350 e. The first-order chi connectivity index (χ1) is 14.4. The summed E-state index contributed by atoms with van der Waals surface area (Å²) in [5.74, 6) is -3.54. The lowest BCUT2D eigenvalue weighted by Gasteiger charge is -2.16. The lowest BCUT2D eigenvalue weighted by molar-refractivity contribution is -0.120. The summed E-state index contributed by atoms with van der Waals surface area (Å²) in [6.45, 7) is 1.78. The fourth-order valence-electron chi connectivity index (χ4n) is 3.25. The van der Waals surface area contributed by atoms with Gasteiger partial charge in [0.1, 0.15) is 5.70 Å². The highest BCUT2D eigenvalue weighted by Crippen LogP contribution is 2.35. The van der Waals surface area contributed by atoms with Gasteiger partial charge in [-0.2, -0.15) is 0 Å². The Kier molecular flexibility index (Phi) is 5.10. The van der Waals surface area contributed by atoms with Crippen LogP contribution in [0, 0.1) is 18.6 Å². The minimum absolute atomic E-state index is 0.0290. The summed E-state index contributed by atoms with van der Waals surface area (Å²) < 4.78 is 27.1. The van der Waals surface area contributed by atoms with Gasteiger partial charge in [-0.05, 0) is 42.3 Å². The van der Waals surface area contributed by atoms with Gasteiger partial charge < -0.3 is 5.32 Å². The smallest absolute Gasteiger partial charge is 0.282 e. The van der Waals surface area contributed by atoms with E-state index in [0.717, 1.165) is 17.0 Å². The molecule has 0 saturated heterocycles. The van der Waals surface area contributed by atoms with Gasteiger partial charge in [0.05, 0.1) is 11.3 Å². The molecule has 4 rings (SSSR count). The fourth-order valence-corrected chi connectivity index (χ4v) is 3.43. The molecule has 0 atom stereocenters. The number of anilines is 2. The van der Waals surface area contributed by atoms with Crippen LogP contribution >= 0.6 is 11.6 Å². The molecule has 1 aliphatic rings. The Labute approximate surface area is 176 Å². The van der Waals surface area contributed by atoms with Gasteiger partial charge >= 0.3 is 0 Å². The van der Waals surface area contributed by atoms with Crippen molar-refractivity contribution in [2.45, 2.75) is 6.92 Å². The maximum absolute atomic E-state index is 13.8. The molecule has 0 aliphatic carbocycles. The zero-order valence-electron chi connectivity index (χ0n) is 15.7. The van der Waals surface area contributed by atoms with E-state index in [1.165, 1.54) is 6.07 Å². The van der Waals surface area contributed by atoms with E-state index in [1.54, 1.807) is 55.5 Å². The van der Waals surface area contributed by atoms with E-state index in [1.807, 2.05) is 0 Å². The van der Waals surface area contributed by atoms with Gasteiger partial charge in [-0.1, -0.05) is 48.0 Å². The van der Waals surface area contributed by atoms with Crippen molar-refractivity contribution in [2.24, 2.45) is 0 Å². The van der Waals surface area contributed by atoms with Gasteiger partial charge in [-0.25, -0.2) is 13.7 Å². The predicted octanol–water partition coefficient (Wildman–Crippen LogP) is 5.32. The molecule has 0 saturated carbocycles. The lowest BCUT2D eigenvalue weighted by Crippen LogP contribution is -2.32. The number of carbonyl (C=O) groups excluding carboxylic acids is 2. The first-order valence-corrected chi connectivity index (χ1v) is 9.42. The Morgan fingerprint density at radius 1 is 0.867 bits per heavy atom. The van der Waals surface area contributed by atoms with Crippen LogP contribution in [-0.4, -0.2) is 11.8 Å². The number of hydrogen-bond acceptors (Lipinski definition) is 3. The zero-order chi connectivity index (χ0) is 21.4. The highest BCUT2D eigenvalue weighted by atomic mass is 35.5. The third kappa shape index (κ3) is 3.35. The third-order valence-electron chi connectivity index (χ3n) is 4.84. The molecule has 1 N–H and O–H groups in total. The van der Waals surface area contributed by atoms with Gasteiger partial charge in [0, 0.05) is 16.8 Å². The van der Waals surface area contributed by atoms with E-state index in [0.29, 0.717) is 21.8 Å². The van der Waals surface area contributed by atoms with Crippen LogP contribution in [0.3, 0.4) is 0 Å². The average molecular weight is 425 g/mol. The van der Waals surface area contributed by atoms with Crippen LogP contribution in [-0.2, 0) is 9.59 Å². The molecule has 0 aromatic heterocycles. The molecule has 0 radical (unpaired) electrons. The highest BCUT2D eigenvalue weighted by molar-refractivity contribution is 6.46. The predicted molar refractivity (Wildman–Crippen MR) is 112 cm³/mol. The molecular weight excluding hydrogens is 410 g/mol. The molecule has 150 valence electrons. The first-order valence-electron chi connectivity index (χ1n) is 9.04. The van der Waals surface area contributed by atoms with Gasteiger partial charge in [-0.3, -0.25) is 9.59 Å². The zero-order valence-corrected chi connectivity index (χ0v) is 16.5. The van der Waals surface area contributed by atoms with Crippen LogP contribution in [0.25, 0.3) is 5.57 Å². The first kappa shape index (κ1) is 19.8. The molecule has 3 aromatic rings. The van der Waals surface area contributed by atoms with Crippen molar-refractivity contribution in [3.63, 3.8) is 0 Å². The monoisotopic (exact) mass is 424 g/mol. The largest absolute Gasteiger partial charge is 0.350 e. The lowest BCUT2D eigenvalue weighted by atomic mass is 10.0. The topological polar surface area (TPSA) is 49.4 Å². The molecule has 30 heavy (non-hydrogen) atoms. The molecule has 3 aromatic carbocycles. The fraction of sp³-hybridized carbons (Fsp3) is 0.0435. The van der Waals surface area contributed by atoms with Crippen LogP contribution in [0.5, 0.6) is 0 Å². The Balaban J connectivity index is 1.85. The number of rotatable bonds is 4. The quantitative estimate of drug-likeness (QED) is 0.576. The van der Waals surface area contributed by atoms with Crippen molar-refractivity contribution in [1.29, 1.82) is 0 Å². The van der Waals surface area contributed by atoms with E-state index < -0.39 is 23.4 Å². The summed E-state index contributed by atoms with van der Waals surface area (Å²) in [5.41, 5.74) is 1.87. The van der Waals surface area contributed by atoms with E-state index >= 15 is 0 Å². The van der Waals surface area contributed by atoms with E-state index in [4.69, 9.17) is 11.6 Å². The molecule has 0 spiro atoms. The van der Waals surface area contributed by atoms with Crippen LogP contribution in [0.2, 0.25) is 5.02 Å². The molecule has 1 heterocycles. The summed E-state index contributed by atoms with van der Waals surface area (Å²) in [5, 5.41) is 3.52. The molecule has 0 fully saturated rings. The van der Waals surface area contributed by atoms with Crippen molar-refractivity contribution in [3.05, 3.63) is 100 Å². The highest BCUT2D eigenvalue weighted by Gasteiger charge is 2.40. The maximum Gasteiger partial charge on any atom is 0.282 e. The summed E-state index contributed by atoms with van der Waals surface area (Å²) in [7, 11) is 0. The molecule has 4 nitrogen and oxygen atoms in total. The third-order valence-corrected chi connectivity index (χ3v) is 5.24. The molecule has 7 heteroatoms. The van der Waals surface area contributed by atoms with Crippen molar-refractivity contribution in [2.75, 3.05) is 10.2 Å². The van der Waals surface area contributed by atoms with E-state index in [2.05, 4.69) is 5.32 Å². The summed E-state index contributed by atoms with van der Waals surface area (Å²) in [6, 6.07) is 16.7. The Bertz CT molecular complexity index is 1210. The van der Waals surface area contributed by atoms with Gasteiger partial charge in [-0.15, -0.1) is 0 Å². The van der Waals surface area contributed by atoms with Crippen molar-refractivity contribution in [3.8, 4) is 0 Å². The van der Waals surface area contributed by atoms with Crippen LogP contribution in [0.1, 0.15) is 11.1 Å². The van der Waals surface area contributed by atoms with Gasteiger partial charge in [0.25, 0.3) is 11.8 Å². The van der Waals surface area contributed by atoms with Gasteiger partial charge in [0.15, 0.2) is 11.6 Å². The second kappa shape index (κ2) is 7.72. The van der Waals surface area contributed by atoms with Gasteiger partial charge in [0.2, 0.25) is 0 Å². The summed E-state index contributed by atoms with van der Waals surface area (Å²) >= 11 is 6.18. The SMILES string of the molecule is Cc1c(Cl)cccc1NC1=C(c2ccccc2)C(=O)N(c2ccc(F)c(F)c2)C1=O. The Morgan fingerprint density at radius 3 is 2.30 bits per heavy atom. The maximum atomic E-state index is 13.8. The number of benzene rings is 3. The molecule has 1 aliphatic heterocycles. The van der Waals surface area contributed by atoms with Crippen molar-refractivity contribution >= 4 is 40.4 Å². The number of halogens is 3. The summed E-state index contributed by atoms with van der Waals surface area (Å²) in [4.78, 5) is 27.3. The second-order valence-electron chi connectivity index (χ2n) is 6.70. The number of carbonyl (C=O) groups is 2. The minimum atomic E-state index is -1.15. The number of amides is 2. The molecule has 0 unspecified atom stereocenters. The average Bonchev–Trinajstić information content (AvgIpc) is 2.98. The summed E-state index contributed by atoms with van der Waals surface area (Å²) in [6.07, 6.45) is 0. The normalized spacial score (nSPS) is 13.9. The van der Waals surface area contributed by atoms with Crippen LogP contribution in [0.4, 0.5) is 20.2 Å². The Hall–Kier alpha value is -3.51. The second-order valence-corrected chi connectivity index (χ2v) is 7.10. The van der Waals surface area contributed by atoms with Crippen LogP contribution in [0.15, 0.2) is 72.4 Å². The van der Waals surface area contributed by atoms with Crippen molar-refractivity contribution in [1.82, 2.24) is 0 Å².